The van der Waals surface area contributed by atoms with E-state index in [1.807, 2.05) is 36.4 Å². The van der Waals surface area contributed by atoms with E-state index in [2.05, 4.69) is 30.8 Å². The minimum absolute atomic E-state index is 0.345. The maximum Gasteiger partial charge on any atom is 0.320 e. The average Bonchev–Trinajstić information content (AvgIpc) is 3.07. The summed E-state index contributed by atoms with van der Waals surface area (Å²) in [5, 5.41) is 13.3. The summed E-state index contributed by atoms with van der Waals surface area (Å²) in [5.41, 5.74) is 9.18. The van der Waals surface area contributed by atoms with Gasteiger partial charge in [-0.1, -0.05) is 24.3 Å². The van der Waals surface area contributed by atoms with Gasteiger partial charge in [-0.3, -0.25) is 20.4 Å². The van der Waals surface area contributed by atoms with Gasteiger partial charge >= 0.3 is 6.03 Å². The molecule has 0 fully saturated rings. The molecular weight excluding hydrogens is 342 g/mol. The van der Waals surface area contributed by atoms with Crippen LogP contribution in [0, 0.1) is 0 Å². The number of H-pyrrole nitrogens is 1. The maximum absolute atomic E-state index is 12.4. The number of benzene rings is 1. The summed E-state index contributed by atoms with van der Waals surface area (Å²) in [6.45, 7) is 0.358. The molecule has 0 atom stereocenters. The number of aromatic nitrogens is 4. The molecule has 4 aromatic rings. The summed E-state index contributed by atoms with van der Waals surface area (Å²) in [5.74, 6) is 0.705. The number of pyridine rings is 2. The van der Waals surface area contributed by atoms with Crippen molar-refractivity contribution in [2.24, 2.45) is 0 Å². The first-order valence-electron chi connectivity index (χ1n) is 8.34. The number of hydrogen-bond donors (Lipinski definition) is 4. The van der Waals surface area contributed by atoms with Crippen LogP contribution in [0.1, 0.15) is 5.56 Å². The van der Waals surface area contributed by atoms with Gasteiger partial charge < -0.3 is 11.1 Å². The Bertz CT molecular complexity index is 1090. The summed E-state index contributed by atoms with van der Waals surface area (Å²) < 4.78 is 0. The Morgan fingerprint density at radius 1 is 1.11 bits per heavy atom. The molecule has 0 aliphatic heterocycles. The number of nitrogens with one attached hydrogen (secondary N) is 3. The largest absolute Gasteiger partial charge is 0.383 e. The number of fused-ring (bicyclic) bond motifs is 1. The lowest BCUT2D eigenvalue weighted by atomic mass is 10.1. The normalized spacial score (nSPS) is 10.7. The Labute approximate surface area is 154 Å². The van der Waals surface area contributed by atoms with Crippen molar-refractivity contribution < 1.29 is 4.79 Å². The van der Waals surface area contributed by atoms with E-state index in [0.717, 1.165) is 22.0 Å². The van der Waals surface area contributed by atoms with Crippen LogP contribution in [0.2, 0.25) is 0 Å². The molecule has 0 bridgehead atoms. The summed E-state index contributed by atoms with van der Waals surface area (Å²) in [4.78, 5) is 20.8. The van der Waals surface area contributed by atoms with E-state index in [0.29, 0.717) is 23.7 Å². The fraction of sp³-hybridized carbons (Fsp3) is 0.0526. The molecule has 3 aromatic heterocycles. The Hall–Kier alpha value is -3.94. The van der Waals surface area contributed by atoms with Crippen LogP contribution in [0.5, 0.6) is 0 Å². The summed E-state index contributed by atoms with van der Waals surface area (Å²) >= 11 is 0. The highest BCUT2D eigenvalue weighted by atomic mass is 16.2. The molecular formula is C19H17N7O. The second kappa shape index (κ2) is 7.12. The predicted molar refractivity (Wildman–Crippen MR) is 104 cm³/mol. The van der Waals surface area contributed by atoms with E-state index in [9.17, 15) is 4.79 Å². The fourth-order valence-corrected chi connectivity index (χ4v) is 2.89. The molecule has 27 heavy (non-hydrogen) atoms. The van der Waals surface area contributed by atoms with Gasteiger partial charge in [-0.05, 0) is 23.8 Å². The molecule has 1 aromatic carbocycles. The smallest absolute Gasteiger partial charge is 0.320 e. The highest BCUT2D eigenvalue weighted by Gasteiger charge is 2.15. The minimum atomic E-state index is -0.382. The number of hydrogen-bond acceptors (Lipinski definition) is 5. The number of aromatic amines is 1. The topological polar surface area (TPSA) is 122 Å². The van der Waals surface area contributed by atoms with Crippen molar-refractivity contribution in [3.8, 4) is 11.1 Å². The number of nitrogens with two attached hydrogens (primary N) is 1. The van der Waals surface area contributed by atoms with Crippen molar-refractivity contribution >= 4 is 28.6 Å². The average molecular weight is 359 g/mol. The second-order valence-corrected chi connectivity index (χ2v) is 5.90. The molecule has 0 aliphatic carbocycles. The minimum Gasteiger partial charge on any atom is -0.383 e. The van der Waals surface area contributed by atoms with Crippen LogP contribution in [0.3, 0.4) is 0 Å². The van der Waals surface area contributed by atoms with E-state index in [4.69, 9.17) is 5.73 Å². The lowest BCUT2D eigenvalue weighted by Crippen LogP contribution is -2.28. The van der Waals surface area contributed by atoms with Gasteiger partial charge in [-0.15, -0.1) is 0 Å². The van der Waals surface area contributed by atoms with E-state index in [-0.39, 0.29) is 6.03 Å². The number of carbonyl (C=O) groups excluding carboxylic acids is 1. The number of urea groups is 1. The molecule has 0 spiro atoms. The van der Waals surface area contributed by atoms with Gasteiger partial charge in [-0.25, -0.2) is 4.79 Å². The molecule has 0 unspecified atom stereocenters. The third-order valence-electron chi connectivity index (χ3n) is 4.16. The SMILES string of the molecule is Nc1[nH]nc(NC(=O)NCc2ccnc3ccccc23)c1-c1cccnc1. The van der Waals surface area contributed by atoms with Crippen LogP contribution in [0.25, 0.3) is 22.0 Å². The quantitative estimate of drug-likeness (QED) is 0.446. The van der Waals surface area contributed by atoms with Gasteiger partial charge in [0.25, 0.3) is 0 Å². The molecule has 0 aliphatic rings. The fourth-order valence-electron chi connectivity index (χ4n) is 2.89. The van der Waals surface area contributed by atoms with E-state index in [1.165, 1.54) is 0 Å². The van der Waals surface area contributed by atoms with E-state index in [1.54, 1.807) is 24.7 Å². The number of anilines is 2. The molecule has 0 saturated heterocycles. The van der Waals surface area contributed by atoms with Crippen LogP contribution in [0.4, 0.5) is 16.4 Å². The first-order chi connectivity index (χ1) is 13.2. The van der Waals surface area contributed by atoms with Crippen LogP contribution < -0.4 is 16.4 Å². The zero-order valence-corrected chi connectivity index (χ0v) is 14.3. The van der Waals surface area contributed by atoms with Crippen molar-refractivity contribution in [3.05, 3.63) is 66.6 Å². The number of para-hydroxylation sites is 1. The molecule has 8 nitrogen and oxygen atoms in total. The lowest BCUT2D eigenvalue weighted by molar-refractivity contribution is 0.251. The predicted octanol–water partition coefficient (Wildman–Crippen LogP) is 2.92. The summed E-state index contributed by atoms with van der Waals surface area (Å²) in [6, 6.07) is 12.9. The molecule has 0 radical (unpaired) electrons. The molecule has 2 amide bonds. The van der Waals surface area contributed by atoms with Crippen LogP contribution in [-0.4, -0.2) is 26.2 Å². The second-order valence-electron chi connectivity index (χ2n) is 5.90. The Morgan fingerprint density at radius 2 is 2.00 bits per heavy atom. The first-order valence-corrected chi connectivity index (χ1v) is 8.34. The molecule has 3 heterocycles. The Kier molecular flexibility index (Phi) is 4.36. The highest BCUT2D eigenvalue weighted by Crippen LogP contribution is 2.30. The molecule has 5 N–H and O–H groups in total. The van der Waals surface area contributed by atoms with Crippen molar-refractivity contribution in [2.45, 2.75) is 6.54 Å². The molecule has 4 rings (SSSR count). The standard InChI is InChI=1S/C19H17N7O/c20-17-16(13-4-3-8-21-10-13)18(26-25-17)24-19(27)23-11-12-7-9-22-15-6-2-1-5-14(12)15/h1-10H,11H2,(H5,20,23,24,25,26,27). The number of nitrogen functional groups attached to an aromatic ring is 1. The van der Waals surface area contributed by atoms with Gasteiger partial charge in [0.15, 0.2) is 5.82 Å². The van der Waals surface area contributed by atoms with Crippen LogP contribution >= 0.6 is 0 Å². The van der Waals surface area contributed by atoms with Gasteiger partial charge in [0, 0.05) is 36.1 Å². The maximum atomic E-state index is 12.4. The Morgan fingerprint density at radius 3 is 2.85 bits per heavy atom. The van der Waals surface area contributed by atoms with Crippen molar-refractivity contribution in [2.75, 3.05) is 11.1 Å². The van der Waals surface area contributed by atoms with Gasteiger partial charge in [0.2, 0.25) is 0 Å². The molecule has 0 saturated carbocycles. The van der Waals surface area contributed by atoms with Crippen molar-refractivity contribution in [3.63, 3.8) is 0 Å². The third kappa shape index (κ3) is 3.40. The molecule has 134 valence electrons. The number of rotatable bonds is 4. The van der Waals surface area contributed by atoms with Gasteiger partial charge in [0.1, 0.15) is 5.82 Å². The zero-order chi connectivity index (χ0) is 18.6. The number of nitrogens with zero attached hydrogens (tertiary/aromatic N) is 3. The highest BCUT2D eigenvalue weighted by molar-refractivity contribution is 5.95. The van der Waals surface area contributed by atoms with Crippen LogP contribution in [-0.2, 0) is 6.54 Å². The Balaban J connectivity index is 1.49. The van der Waals surface area contributed by atoms with Crippen LogP contribution in [0.15, 0.2) is 61.1 Å². The first kappa shape index (κ1) is 16.5. The van der Waals surface area contributed by atoms with E-state index >= 15 is 0 Å². The van der Waals surface area contributed by atoms with Crippen molar-refractivity contribution in [1.82, 2.24) is 25.5 Å². The monoisotopic (exact) mass is 359 g/mol. The summed E-state index contributed by atoms with van der Waals surface area (Å²) in [7, 11) is 0. The van der Waals surface area contributed by atoms with Gasteiger partial charge in [0.05, 0.1) is 11.1 Å². The molecule has 8 heteroatoms. The number of amides is 2. The van der Waals surface area contributed by atoms with Crippen molar-refractivity contribution in [1.29, 1.82) is 0 Å². The lowest BCUT2D eigenvalue weighted by Gasteiger charge is -2.09. The zero-order valence-electron chi connectivity index (χ0n) is 14.3. The number of carbonyl (C=O) groups is 1. The van der Waals surface area contributed by atoms with E-state index < -0.39 is 0 Å². The third-order valence-corrected chi connectivity index (χ3v) is 4.16. The van der Waals surface area contributed by atoms with Gasteiger partial charge in [-0.2, -0.15) is 5.10 Å². The summed E-state index contributed by atoms with van der Waals surface area (Å²) in [6.07, 6.45) is 5.05.